The van der Waals surface area contributed by atoms with E-state index >= 15 is 0 Å². The lowest BCUT2D eigenvalue weighted by atomic mass is 9.90. The standard InChI is InChI=1S/C7H12S4/c1-2-4-7(5-3-1)6-8-10-11-9-7/h1-6H2. The maximum Gasteiger partial charge on any atom is 0.0371 e. The molecule has 1 saturated carbocycles. The molecule has 2 fully saturated rings. The summed E-state index contributed by atoms with van der Waals surface area (Å²) in [4.78, 5) is 0. The summed E-state index contributed by atoms with van der Waals surface area (Å²) in [6.07, 6.45) is 7.36. The molecule has 1 spiro atoms. The molecule has 2 rings (SSSR count). The van der Waals surface area contributed by atoms with Gasteiger partial charge in [-0.3, -0.25) is 0 Å². The molecule has 0 bridgehead atoms. The zero-order valence-electron chi connectivity index (χ0n) is 6.38. The normalized spacial score (nSPS) is 30.5. The molecule has 0 atom stereocenters. The van der Waals surface area contributed by atoms with Crippen LogP contribution in [-0.2, 0) is 0 Å². The van der Waals surface area contributed by atoms with Crippen molar-refractivity contribution in [3.8, 4) is 0 Å². The predicted octanol–water partition coefficient (Wildman–Crippen LogP) is 4.38. The molecule has 0 aromatic rings. The monoisotopic (exact) mass is 224 g/mol. The van der Waals surface area contributed by atoms with Crippen LogP contribution in [0.4, 0.5) is 0 Å². The van der Waals surface area contributed by atoms with Crippen LogP contribution in [-0.4, -0.2) is 10.5 Å². The van der Waals surface area contributed by atoms with Gasteiger partial charge in [-0.25, -0.2) is 0 Å². The third kappa shape index (κ3) is 2.20. The minimum atomic E-state index is 0.679. The summed E-state index contributed by atoms with van der Waals surface area (Å²) in [7, 11) is 8.16. The zero-order valence-corrected chi connectivity index (χ0v) is 9.64. The average molecular weight is 224 g/mol. The van der Waals surface area contributed by atoms with Gasteiger partial charge in [-0.2, -0.15) is 0 Å². The van der Waals surface area contributed by atoms with Crippen LogP contribution >= 0.6 is 41.2 Å². The van der Waals surface area contributed by atoms with Gasteiger partial charge in [0.25, 0.3) is 0 Å². The van der Waals surface area contributed by atoms with Crippen molar-refractivity contribution in [1.29, 1.82) is 0 Å². The van der Waals surface area contributed by atoms with Crippen LogP contribution in [0.15, 0.2) is 0 Å². The Bertz CT molecular complexity index is 105. The van der Waals surface area contributed by atoms with E-state index in [9.17, 15) is 0 Å². The van der Waals surface area contributed by atoms with Gasteiger partial charge >= 0.3 is 0 Å². The Balaban J connectivity index is 1.94. The highest BCUT2D eigenvalue weighted by Gasteiger charge is 2.35. The Morgan fingerprint density at radius 1 is 0.909 bits per heavy atom. The van der Waals surface area contributed by atoms with Gasteiger partial charge in [0.2, 0.25) is 0 Å². The highest BCUT2D eigenvalue weighted by molar-refractivity contribution is 9.27. The van der Waals surface area contributed by atoms with E-state index in [2.05, 4.69) is 21.6 Å². The van der Waals surface area contributed by atoms with Crippen molar-refractivity contribution in [1.82, 2.24) is 0 Å². The van der Waals surface area contributed by atoms with Crippen LogP contribution < -0.4 is 0 Å². The molecule has 1 aliphatic carbocycles. The number of rotatable bonds is 0. The topological polar surface area (TPSA) is 0 Å². The summed E-state index contributed by atoms with van der Waals surface area (Å²) in [5.41, 5.74) is 0. The molecule has 11 heavy (non-hydrogen) atoms. The maximum atomic E-state index is 2.15. The maximum absolute atomic E-state index is 2.15. The SMILES string of the molecule is C1CCC2(CC1)CSSSS2. The zero-order chi connectivity index (χ0) is 7.57. The van der Waals surface area contributed by atoms with Crippen LogP contribution in [0, 0.1) is 0 Å². The molecular weight excluding hydrogens is 212 g/mol. The van der Waals surface area contributed by atoms with E-state index in [1.165, 1.54) is 37.9 Å². The molecule has 0 amide bonds. The van der Waals surface area contributed by atoms with Gasteiger partial charge in [0, 0.05) is 10.5 Å². The van der Waals surface area contributed by atoms with Gasteiger partial charge in [-0.05, 0) is 32.5 Å². The van der Waals surface area contributed by atoms with Crippen molar-refractivity contribution in [2.24, 2.45) is 0 Å². The Kier molecular flexibility index (Phi) is 3.32. The lowest BCUT2D eigenvalue weighted by molar-refractivity contribution is 0.429. The third-order valence-corrected chi connectivity index (χ3v) is 9.90. The first-order valence-electron chi connectivity index (χ1n) is 4.05. The molecule has 1 heterocycles. The summed E-state index contributed by atoms with van der Waals surface area (Å²) in [5, 5.41) is 0. The van der Waals surface area contributed by atoms with Crippen molar-refractivity contribution >= 4 is 41.2 Å². The van der Waals surface area contributed by atoms with Crippen molar-refractivity contribution in [2.75, 3.05) is 5.75 Å². The van der Waals surface area contributed by atoms with Crippen LogP contribution in [0.5, 0.6) is 0 Å². The van der Waals surface area contributed by atoms with Gasteiger partial charge in [0.1, 0.15) is 0 Å². The Morgan fingerprint density at radius 2 is 1.73 bits per heavy atom. The molecule has 0 aromatic heterocycles. The van der Waals surface area contributed by atoms with Gasteiger partial charge < -0.3 is 0 Å². The molecule has 64 valence electrons. The van der Waals surface area contributed by atoms with Crippen LogP contribution in [0.3, 0.4) is 0 Å². The average Bonchev–Trinajstić information content (AvgIpc) is 2.07. The molecule has 0 nitrogen and oxygen atoms in total. The summed E-state index contributed by atoms with van der Waals surface area (Å²) >= 11 is 0. The van der Waals surface area contributed by atoms with E-state index in [-0.39, 0.29) is 0 Å². The summed E-state index contributed by atoms with van der Waals surface area (Å²) in [6, 6.07) is 0. The molecule has 2 aliphatic rings. The second-order valence-electron chi connectivity index (χ2n) is 3.23. The van der Waals surface area contributed by atoms with E-state index in [0.717, 1.165) is 0 Å². The number of hydrogen-bond donors (Lipinski definition) is 0. The van der Waals surface area contributed by atoms with Crippen LogP contribution in [0.25, 0.3) is 0 Å². The van der Waals surface area contributed by atoms with Crippen LogP contribution in [0.2, 0.25) is 0 Å². The van der Waals surface area contributed by atoms with Crippen molar-refractivity contribution in [3.63, 3.8) is 0 Å². The van der Waals surface area contributed by atoms with E-state index in [0.29, 0.717) is 4.75 Å². The summed E-state index contributed by atoms with van der Waals surface area (Å²) < 4.78 is 0.679. The second kappa shape index (κ2) is 4.07. The minimum absolute atomic E-state index is 0.679. The largest absolute Gasteiger partial charge is 0.0802 e. The van der Waals surface area contributed by atoms with Gasteiger partial charge in [0.05, 0.1) is 0 Å². The fourth-order valence-corrected chi connectivity index (χ4v) is 10.0. The Morgan fingerprint density at radius 3 is 2.36 bits per heavy atom. The first-order chi connectivity index (χ1) is 5.41. The smallest absolute Gasteiger partial charge is 0.0371 e. The highest BCUT2D eigenvalue weighted by atomic mass is 33.7. The van der Waals surface area contributed by atoms with E-state index in [1.807, 2.05) is 19.7 Å². The van der Waals surface area contributed by atoms with E-state index in [4.69, 9.17) is 0 Å². The fraction of sp³-hybridized carbons (Fsp3) is 1.00. The van der Waals surface area contributed by atoms with Crippen molar-refractivity contribution < 1.29 is 0 Å². The predicted molar refractivity (Wildman–Crippen MR) is 61.0 cm³/mol. The molecular formula is C7H12S4. The molecule has 0 aromatic carbocycles. The Labute approximate surface area is 83.6 Å². The minimum Gasteiger partial charge on any atom is -0.0802 e. The molecule has 0 N–H and O–H groups in total. The summed E-state index contributed by atoms with van der Waals surface area (Å²) in [5.74, 6) is 1.38. The lowest BCUT2D eigenvalue weighted by Gasteiger charge is -2.37. The molecule has 4 heteroatoms. The quantitative estimate of drug-likeness (QED) is 0.560. The van der Waals surface area contributed by atoms with Crippen molar-refractivity contribution in [3.05, 3.63) is 0 Å². The van der Waals surface area contributed by atoms with E-state index in [1.54, 1.807) is 0 Å². The second-order valence-corrected chi connectivity index (χ2v) is 9.53. The molecule has 1 aliphatic heterocycles. The third-order valence-electron chi connectivity index (χ3n) is 2.37. The van der Waals surface area contributed by atoms with Crippen LogP contribution in [0.1, 0.15) is 32.1 Å². The fourth-order valence-electron chi connectivity index (χ4n) is 1.68. The number of hydrogen-bond acceptors (Lipinski definition) is 4. The molecule has 0 radical (unpaired) electrons. The van der Waals surface area contributed by atoms with Gasteiger partial charge in [-0.1, -0.05) is 40.9 Å². The molecule has 0 unspecified atom stereocenters. The molecule has 1 saturated heterocycles. The van der Waals surface area contributed by atoms with Crippen molar-refractivity contribution in [2.45, 2.75) is 36.9 Å². The van der Waals surface area contributed by atoms with Gasteiger partial charge in [-0.15, -0.1) is 0 Å². The summed E-state index contributed by atoms with van der Waals surface area (Å²) in [6.45, 7) is 0. The lowest BCUT2D eigenvalue weighted by Crippen LogP contribution is -2.30. The Hall–Kier alpha value is 1.40. The van der Waals surface area contributed by atoms with Gasteiger partial charge in [0.15, 0.2) is 0 Å². The first-order valence-corrected chi connectivity index (χ1v) is 9.04. The first kappa shape index (κ1) is 8.97. The van der Waals surface area contributed by atoms with E-state index < -0.39 is 0 Å². The highest BCUT2D eigenvalue weighted by Crippen LogP contribution is 2.60.